The quantitative estimate of drug-likeness (QED) is 0.116. The second kappa shape index (κ2) is 31.8. The Morgan fingerprint density at radius 2 is 1.51 bits per heavy atom. The first-order valence-electron chi connectivity index (χ1n) is 30.1. The monoisotopic (exact) mass is 1180 g/mol. The molecule has 0 radical (unpaired) electrons. The average molecular weight is 1180 g/mol. The molecular weight excluding hydrogens is 1080 g/mol. The summed E-state index contributed by atoms with van der Waals surface area (Å²) in [5.41, 5.74) is 8.99. The largest absolute Gasteiger partial charge is 0.459 e. The van der Waals surface area contributed by atoms with Crippen LogP contribution in [0.4, 0.5) is 10.7 Å². The Morgan fingerprint density at radius 1 is 0.810 bits per heavy atom. The van der Waals surface area contributed by atoms with Crippen LogP contribution in [0, 0.1) is 29.6 Å². The molecule has 0 aromatic carbocycles. The lowest BCUT2D eigenvalue weighted by atomic mass is 9.80. The van der Waals surface area contributed by atoms with Gasteiger partial charge in [0.15, 0.2) is 5.78 Å². The van der Waals surface area contributed by atoms with Crippen LogP contribution in [0.3, 0.4) is 0 Å². The number of nitrogens with one attached hydrogen (secondary N) is 1. The number of methoxy groups -OCH3 is 3. The first kappa shape index (κ1) is 67.7. The topological polar surface area (TPSA) is 292 Å². The Morgan fingerprint density at radius 3 is 2.18 bits per heavy atom. The third kappa shape index (κ3) is 18.1. The van der Waals surface area contributed by atoms with E-state index < -0.39 is 114 Å². The van der Waals surface area contributed by atoms with E-state index in [-0.39, 0.29) is 50.1 Å². The summed E-state index contributed by atoms with van der Waals surface area (Å²) in [5, 5.41) is 37.5. The smallest absolute Gasteiger partial charge is 0.407 e. The van der Waals surface area contributed by atoms with Crippen molar-refractivity contribution in [2.24, 2.45) is 35.3 Å². The second-order valence-corrected chi connectivity index (χ2v) is 24.1. The number of aliphatic hydroxyl groups is 3. The Bertz CT molecular complexity index is 2500. The third-order valence-corrected chi connectivity index (χ3v) is 17.8. The van der Waals surface area contributed by atoms with Crippen LogP contribution in [0.5, 0.6) is 0 Å². The molecule has 468 valence electrons. The maximum Gasteiger partial charge on any atom is 0.407 e. The first-order chi connectivity index (χ1) is 40.0. The zero-order chi connectivity index (χ0) is 61.4. The number of aromatic nitrogens is 2. The molecule has 2 bridgehead atoms. The Labute approximate surface area is 495 Å². The van der Waals surface area contributed by atoms with Gasteiger partial charge in [-0.05, 0) is 101 Å². The van der Waals surface area contributed by atoms with E-state index in [0.29, 0.717) is 101 Å². The minimum absolute atomic E-state index is 0.0344. The van der Waals surface area contributed by atoms with Crippen molar-refractivity contribution in [1.29, 1.82) is 0 Å². The van der Waals surface area contributed by atoms with E-state index in [4.69, 9.17) is 34.2 Å². The summed E-state index contributed by atoms with van der Waals surface area (Å²) in [4.78, 5) is 96.1. The van der Waals surface area contributed by atoms with Gasteiger partial charge in [0.2, 0.25) is 17.6 Å². The zero-order valence-corrected chi connectivity index (χ0v) is 51.1. The van der Waals surface area contributed by atoms with Crippen molar-refractivity contribution >= 4 is 41.4 Å². The number of cyclic esters (lactones) is 1. The Hall–Kier alpha value is -5.46. The molecule has 0 unspecified atom stereocenters. The molecule has 22 heteroatoms. The van der Waals surface area contributed by atoms with Crippen LogP contribution in [0.15, 0.2) is 60.0 Å². The number of ether oxygens (including phenoxy) is 6. The van der Waals surface area contributed by atoms with Gasteiger partial charge >= 0.3 is 12.1 Å². The lowest BCUT2D eigenvalue weighted by molar-refractivity contribution is -0.265. The molecule has 4 aliphatic heterocycles. The second-order valence-electron chi connectivity index (χ2n) is 24.1. The summed E-state index contributed by atoms with van der Waals surface area (Å²) >= 11 is 0. The summed E-state index contributed by atoms with van der Waals surface area (Å²) in [6, 6.07) is -2.01. The maximum atomic E-state index is 14.7. The number of allylic oxidation sites excluding steroid dienone is 5. The maximum absolute atomic E-state index is 14.7. The first-order valence-corrected chi connectivity index (χ1v) is 30.1. The SMILES string of the molecule is CO[C@H]1C[C@@H]2CC[C@@H](C)[C@@](O)(O2)C(=O)C(=O)N2CCCC[C@H]2C(=O)O[C@H]([C@H](N)C[C@@H]2CC[C@@H](OC(=O)NCc3cnc(N4CCN(C(C)=O)CC4)nc3)[C@H](OC)C2)C[C@@H](OC)[C@H](C)/C=C(\C)[C@@H](O)[C@@H](O)C(=O)[C@H](C)C[C@H](C)/C=C/C=CC=C1C. The van der Waals surface area contributed by atoms with E-state index in [1.165, 1.54) is 12.0 Å². The summed E-state index contributed by atoms with van der Waals surface area (Å²) in [7, 11) is 4.61. The molecule has 3 saturated heterocycles. The van der Waals surface area contributed by atoms with E-state index in [2.05, 4.69) is 15.3 Å². The van der Waals surface area contributed by atoms with Gasteiger partial charge in [0, 0.05) is 122 Å². The average Bonchev–Trinajstić information content (AvgIpc) is 2.07. The number of fused-ring (bicyclic) bond motifs is 3. The van der Waals surface area contributed by atoms with Crippen LogP contribution >= 0.6 is 0 Å². The number of piperazine rings is 1. The molecule has 5 aliphatic rings. The molecule has 3 amide bonds. The fourth-order valence-electron chi connectivity index (χ4n) is 12.4. The normalized spacial score (nSPS) is 34.8. The van der Waals surface area contributed by atoms with E-state index in [1.54, 1.807) is 65.3 Å². The number of piperidine rings is 1. The minimum Gasteiger partial charge on any atom is -0.459 e. The number of amides is 3. The summed E-state index contributed by atoms with van der Waals surface area (Å²) in [6.45, 7) is 14.9. The number of ketones is 2. The Balaban J connectivity index is 1.19. The van der Waals surface area contributed by atoms with Crippen LogP contribution in [-0.4, -0.2) is 191 Å². The van der Waals surface area contributed by atoms with Gasteiger partial charge < -0.3 is 69.5 Å². The molecule has 16 atom stereocenters. The minimum atomic E-state index is -2.47. The molecule has 1 saturated carbocycles. The van der Waals surface area contributed by atoms with Crippen LogP contribution in [0.2, 0.25) is 0 Å². The van der Waals surface area contributed by atoms with Crippen LogP contribution in [-0.2, 0) is 58.9 Å². The number of aliphatic hydroxyl groups excluding tert-OH is 2. The molecule has 0 spiro atoms. The van der Waals surface area contributed by atoms with Crippen molar-refractivity contribution in [3.63, 3.8) is 0 Å². The molecule has 1 aromatic rings. The van der Waals surface area contributed by atoms with Gasteiger partial charge in [-0.3, -0.25) is 19.2 Å². The number of hydrogen-bond acceptors (Lipinski definition) is 19. The summed E-state index contributed by atoms with van der Waals surface area (Å²) in [5.74, 6) is -7.32. The number of nitrogens with two attached hydrogens (primary N) is 1. The van der Waals surface area contributed by atoms with Gasteiger partial charge in [-0.2, -0.15) is 0 Å². The zero-order valence-electron chi connectivity index (χ0n) is 51.1. The Kier molecular flexibility index (Phi) is 25.6. The van der Waals surface area contributed by atoms with Crippen molar-refractivity contribution in [3.8, 4) is 0 Å². The van der Waals surface area contributed by atoms with Crippen LogP contribution in [0.25, 0.3) is 0 Å². The molecule has 6 rings (SSSR count). The molecule has 1 aromatic heterocycles. The summed E-state index contributed by atoms with van der Waals surface area (Å²) < 4.78 is 36.3. The fraction of sp³-hybridized carbons (Fsp3) is 0.710. The van der Waals surface area contributed by atoms with Gasteiger partial charge in [0.1, 0.15) is 30.5 Å². The number of carbonyl (C=O) groups excluding carboxylic acids is 6. The highest BCUT2D eigenvalue weighted by atomic mass is 16.6. The van der Waals surface area contributed by atoms with Gasteiger partial charge in [0.05, 0.1) is 24.4 Å². The number of nitrogens with zero attached hydrogens (tertiary/aromatic N) is 5. The van der Waals surface area contributed by atoms with Crippen molar-refractivity contribution in [2.45, 2.75) is 199 Å². The number of alkyl carbamates (subject to hydrolysis) is 1. The number of carbonyl (C=O) groups is 6. The highest BCUT2D eigenvalue weighted by Crippen LogP contribution is 2.38. The number of Topliss-reactive ketones (excluding diaryl/α,β-unsaturated/α-hetero) is 2. The highest BCUT2D eigenvalue weighted by molar-refractivity contribution is 6.39. The van der Waals surface area contributed by atoms with E-state index in [0.717, 1.165) is 5.57 Å². The van der Waals surface area contributed by atoms with Crippen molar-refractivity contribution < 1.29 is 72.5 Å². The molecule has 4 fully saturated rings. The molecule has 5 heterocycles. The molecular formula is C62H95N7O15. The predicted molar refractivity (Wildman–Crippen MR) is 313 cm³/mol. The fourth-order valence-corrected chi connectivity index (χ4v) is 12.4. The number of rotatable bonds is 10. The van der Waals surface area contributed by atoms with Crippen molar-refractivity contribution in [2.75, 3.05) is 59.0 Å². The number of esters is 1. The van der Waals surface area contributed by atoms with Crippen molar-refractivity contribution in [3.05, 3.63) is 65.6 Å². The van der Waals surface area contributed by atoms with Gasteiger partial charge in [-0.25, -0.2) is 19.6 Å². The molecule has 84 heavy (non-hydrogen) atoms. The predicted octanol–water partition coefficient (Wildman–Crippen LogP) is 5.06. The van der Waals surface area contributed by atoms with Crippen LogP contribution in [0.1, 0.15) is 131 Å². The van der Waals surface area contributed by atoms with Crippen molar-refractivity contribution in [1.82, 2.24) is 25.1 Å². The van der Waals surface area contributed by atoms with Gasteiger partial charge in [-0.15, -0.1) is 0 Å². The van der Waals surface area contributed by atoms with Gasteiger partial charge in [0.25, 0.3) is 11.7 Å². The molecule has 1 aliphatic carbocycles. The number of anilines is 1. The number of hydrogen-bond donors (Lipinski definition) is 5. The third-order valence-electron chi connectivity index (χ3n) is 17.8. The standard InChI is InChI=1S/C62H95N7O15/c1-37-16-12-11-13-17-38(2)50(79-8)32-46-21-19-42(6)62(78,84-46)57(74)58(75)69-23-15-14-18-48(69)59(76)82-52(33-51(80-9)39(3)29-41(5)55(72)56(73)54(71)40(4)28-37)47(63)30-44-20-22-49(53(31-44)81-10)83-61(77)66-36-45-34-64-60(65-35-45)68-26-24-67(25-27-68)43(7)70/h11-13,16-17,29,34-35,37,39-40,42,44,46-53,55-56,72-73,78H,14-15,18-28,30-33,36,63H2,1-10H3,(H,66,77)/b13-11?,16-12+,38-17?,41-29+/t37-,39-,40-,42-,44+,46+,47-,48+,49-,50+,51-,52+,53-,55-,56+,62-/m1/s1. The van der Waals surface area contributed by atoms with E-state index in [9.17, 15) is 44.1 Å². The van der Waals surface area contributed by atoms with Crippen LogP contribution < -0.4 is 16.0 Å². The van der Waals surface area contributed by atoms with E-state index in [1.807, 2.05) is 56.1 Å². The van der Waals surface area contributed by atoms with Gasteiger partial charge in [-0.1, -0.05) is 64.2 Å². The highest BCUT2D eigenvalue weighted by Gasteiger charge is 2.53. The lowest BCUT2D eigenvalue weighted by Gasteiger charge is -2.43. The van der Waals surface area contributed by atoms with E-state index >= 15 is 0 Å². The lowest BCUT2D eigenvalue weighted by Crippen LogP contribution is -2.61. The molecule has 22 nitrogen and oxygen atoms in total. The summed E-state index contributed by atoms with van der Waals surface area (Å²) in [6.07, 6.45) is 11.4. The molecule has 6 N–H and O–H groups in total.